The highest BCUT2D eigenvalue weighted by molar-refractivity contribution is 6.65. The van der Waals surface area contributed by atoms with Gasteiger partial charge >= 0.3 is 8.88 Å². The SMILES string of the molecule is CCCO[Si](N=C=O)(N=C=O)OCCC. The van der Waals surface area contributed by atoms with Crippen LogP contribution in [-0.4, -0.2) is 34.3 Å². The molecule has 0 atom stereocenters. The Morgan fingerprint density at radius 3 is 1.67 bits per heavy atom. The van der Waals surface area contributed by atoms with E-state index in [4.69, 9.17) is 8.85 Å². The quantitative estimate of drug-likeness (QED) is 0.353. The molecule has 7 heteroatoms. The van der Waals surface area contributed by atoms with Crippen LogP contribution in [0.15, 0.2) is 9.32 Å². The molecule has 0 aliphatic rings. The number of rotatable bonds is 8. The lowest BCUT2D eigenvalue weighted by molar-refractivity contribution is 0.170. The van der Waals surface area contributed by atoms with Crippen LogP contribution in [0.4, 0.5) is 0 Å². The van der Waals surface area contributed by atoms with E-state index in [9.17, 15) is 9.59 Å². The second kappa shape index (κ2) is 8.23. The molecule has 0 amide bonds. The summed E-state index contributed by atoms with van der Waals surface area (Å²) in [6, 6.07) is 0. The molecule has 0 aromatic heterocycles. The maximum absolute atomic E-state index is 10.2. The monoisotopic (exact) mass is 230 g/mol. The van der Waals surface area contributed by atoms with Crippen molar-refractivity contribution in [3.63, 3.8) is 0 Å². The summed E-state index contributed by atoms with van der Waals surface area (Å²) < 4.78 is 17.2. The van der Waals surface area contributed by atoms with E-state index in [1.54, 1.807) is 0 Å². The van der Waals surface area contributed by atoms with Crippen LogP contribution in [0, 0.1) is 0 Å². The average molecular weight is 230 g/mol. The predicted octanol–water partition coefficient (Wildman–Crippen LogP) is 0.947. The molecule has 0 spiro atoms. The van der Waals surface area contributed by atoms with Crippen LogP contribution in [0.25, 0.3) is 0 Å². The van der Waals surface area contributed by atoms with Crippen molar-refractivity contribution in [1.29, 1.82) is 0 Å². The molecule has 0 aromatic carbocycles. The fourth-order valence-electron chi connectivity index (χ4n) is 0.781. The van der Waals surface area contributed by atoms with Crippen molar-refractivity contribution in [2.24, 2.45) is 9.32 Å². The molecule has 15 heavy (non-hydrogen) atoms. The largest absolute Gasteiger partial charge is 0.648 e. The first-order valence-electron chi connectivity index (χ1n) is 4.70. The number of hydrogen-bond acceptors (Lipinski definition) is 6. The third-order valence-electron chi connectivity index (χ3n) is 1.36. The summed E-state index contributed by atoms with van der Waals surface area (Å²) in [5.74, 6) is 0. The van der Waals surface area contributed by atoms with Gasteiger partial charge in [-0.25, -0.2) is 9.59 Å². The molecule has 0 saturated carbocycles. The maximum Gasteiger partial charge on any atom is 0.648 e. The van der Waals surface area contributed by atoms with E-state index >= 15 is 0 Å². The van der Waals surface area contributed by atoms with E-state index in [1.807, 2.05) is 13.8 Å². The molecule has 0 bridgehead atoms. The van der Waals surface area contributed by atoms with Gasteiger partial charge in [-0.1, -0.05) is 13.8 Å². The summed E-state index contributed by atoms with van der Waals surface area (Å²) in [7, 11) is -3.43. The minimum atomic E-state index is -3.43. The van der Waals surface area contributed by atoms with Crippen molar-refractivity contribution >= 4 is 21.0 Å². The van der Waals surface area contributed by atoms with Crippen molar-refractivity contribution in [2.75, 3.05) is 13.2 Å². The number of carbonyl (C=O) groups excluding carboxylic acids is 2. The van der Waals surface area contributed by atoms with Crippen LogP contribution in [0.5, 0.6) is 0 Å². The number of isocyanates is 2. The van der Waals surface area contributed by atoms with Crippen molar-refractivity contribution in [3.8, 4) is 0 Å². The van der Waals surface area contributed by atoms with Gasteiger partial charge in [0.2, 0.25) is 12.2 Å². The normalized spacial score (nSPS) is 10.3. The van der Waals surface area contributed by atoms with Gasteiger partial charge in [-0.05, 0) is 12.8 Å². The summed E-state index contributed by atoms with van der Waals surface area (Å²) in [6.45, 7) is 4.42. The van der Waals surface area contributed by atoms with Gasteiger partial charge in [0.1, 0.15) is 0 Å². The molecular weight excluding hydrogens is 216 g/mol. The fourth-order valence-corrected chi connectivity index (χ4v) is 2.34. The Morgan fingerprint density at radius 2 is 1.40 bits per heavy atom. The van der Waals surface area contributed by atoms with Gasteiger partial charge in [0, 0.05) is 13.2 Å². The summed E-state index contributed by atoms with van der Waals surface area (Å²) in [6.07, 6.45) is 4.08. The number of nitrogens with zero attached hydrogens (tertiary/aromatic N) is 2. The van der Waals surface area contributed by atoms with Gasteiger partial charge in [-0.2, -0.15) is 9.32 Å². The molecular formula is C8H14N2O4Si. The second-order valence-corrected chi connectivity index (χ2v) is 4.77. The molecule has 0 saturated heterocycles. The van der Waals surface area contributed by atoms with E-state index in [1.165, 1.54) is 12.2 Å². The van der Waals surface area contributed by atoms with Crippen LogP contribution in [0.2, 0.25) is 0 Å². The summed E-state index contributed by atoms with van der Waals surface area (Å²) in [5, 5.41) is 0. The summed E-state index contributed by atoms with van der Waals surface area (Å²) >= 11 is 0. The van der Waals surface area contributed by atoms with Gasteiger partial charge in [0.15, 0.2) is 0 Å². The molecule has 0 rings (SSSR count). The predicted molar refractivity (Wildman–Crippen MR) is 54.5 cm³/mol. The van der Waals surface area contributed by atoms with E-state index in [0.29, 0.717) is 26.1 Å². The first kappa shape index (κ1) is 13.9. The Kier molecular flexibility index (Phi) is 7.62. The molecule has 84 valence electrons. The van der Waals surface area contributed by atoms with Crippen LogP contribution >= 0.6 is 0 Å². The van der Waals surface area contributed by atoms with Crippen molar-refractivity contribution < 1.29 is 18.4 Å². The van der Waals surface area contributed by atoms with Crippen molar-refractivity contribution in [3.05, 3.63) is 0 Å². The molecule has 6 nitrogen and oxygen atoms in total. The van der Waals surface area contributed by atoms with Gasteiger partial charge < -0.3 is 8.85 Å². The standard InChI is InChI=1S/C8H14N2O4Si/c1-3-5-13-15(9-7-11,10-8-12)14-6-4-2/h3-6H2,1-2H3. The lowest BCUT2D eigenvalue weighted by atomic mass is 10.5. The lowest BCUT2D eigenvalue weighted by Crippen LogP contribution is -2.39. The molecule has 0 aliphatic heterocycles. The summed E-state index contributed by atoms with van der Waals surface area (Å²) in [5.41, 5.74) is 0. The topological polar surface area (TPSA) is 77.3 Å². The number of hydrogen-bond donors (Lipinski definition) is 0. The molecule has 0 aromatic rings. The van der Waals surface area contributed by atoms with Gasteiger partial charge in [0.25, 0.3) is 0 Å². The van der Waals surface area contributed by atoms with E-state index in [2.05, 4.69) is 9.32 Å². The first-order chi connectivity index (χ1) is 7.24. The van der Waals surface area contributed by atoms with E-state index < -0.39 is 8.88 Å². The average Bonchev–Trinajstić information content (AvgIpc) is 2.24. The highest BCUT2D eigenvalue weighted by Crippen LogP contribution is 2.11. The zero-order valence-electron chi connectivity index (χ0n) is 8.86. The molecule has 0 aliphatic carbocycles. The maximum atomic E-state index is 10.2. The van der Waals surface area contributed by atoms with Gasteiger partial charge in [-0.15, -0.1) is 0 Å². The Morgan fingerprint density at radius 1 is 1.00 bits per heavy atom. The highest BCUT2D eigenvalue weighted by Gasteiger charge is 2.41. The van der Waals surface area contributed by atoms with Gasteiger partial charge in [0.05, 0.1) is 0 Å². The minimum absolute atomic E-state index is 0.326. The zero-order valence-corrected chi connectivity index (χ0v) is 9.86. The smallest absolute Gasteiger partial charge is 0.359 e. The molecule has 0 unspecified atom stereocenters. The minimum Gasteiger partial charge on any atom is -0.359 e. The Balaban J connectivity index is 4.70. The Hall–Kier alpha value is -1.10. The molecule has 0 fully saturated rings. The van der Waals surface area contributed by atoms with Crippen LogP contribution < -0.4 is 0 Å². The highest BCUT2D eigenvalue weighted by atomic mass is 28.4. The Bertz CT molecular complexity index is 244. The first-order valence-corrected chi connectivity index (χ1v) is 6.41. The molecule has 0 heterocycles. The fraction of sp³-hybridized carbons (Fsp3) is 0.750. The molecule has 0 N–H and O–H groups in total. The van der Waals surface area contributed by atoms with Crippen LogP contribution in [0.1, 0.15) is 26.7 Å². The third-order valence-corrected chi connectivity index (χ3v) is 3.27. The third kappa shape index (κ3) is 5.36. The van der Waals surface area contributed by atoms with E-state index in [-0.39, 0.29) is 0 Å². The van der Waals surface area contributed by atoms with E-state index in [0.717, 1.165) is 0 Å². The van der Waals surface area contributed by atoms with Gasteiger partial charge in [-0.3, -0.25) is 0 Å². The Labute approximate surface area is 89.4 Å². The van der Waals surface area contributed by atoms with Crippen LogP contribution in [-0.2, 0) is 18.4 Å². The molecule has 0 radical (unpaired) electrons. The van der Waals surface area contributed by atoms with Crippen molar-refractivity contribution in [2.45, 2.75) is 26.7 Å². The summed E-state index contributed by atoms with van der Waals surface area (Å²) in [4.78, 5) is 20.4. The van der Waals surface area contributed by atoms with Crippen molar-refractivity contribution in [1.82, 2.24) is 0 Å². The zero-order chi connectivity index (χ0) is 11.6. The lowest BCUT2D eigenvalue weighted by Gasteiger charge is -2.17. The van der Waals surface area contributed by atoms with Crippen LogP contribution in [0.3, 0.4) is 0 Å². The second-order valence-electron chi connectivity index (χ2n) is 2.65.